The van der Waals surface area contributed by atoms with Crippen molar-refractivity contribution < 1.29 is 19.5 Å². The minimum atomic E-state index is -1.03. The van der Waals surface area contributed by atoms with Crippen molar-refractivity contribution in [1.82, 2.24) is 5.32 Å². The van der Waals surface area contributed by atoms with Crippen LogP contribution in [0.4, 0.5) is 5.69 Å². The van der Waals surface area contributed by atoms with Crippen molar-refractivity contribution in [1.29, 1.82) is 0 Å². The number of nitrogens with zero attached hydrogens (tertiary/aromatic N) is 1. The molecule has 0 aliphatic carbocycles. The number of benzene rings is 1. The van der Waals surface area contributed by atoms with Crippen molar-refractivity contribution in [2.24, 2.45) is 0 Å². The maximum atomic E-state index is 12.5. The van der Waals surface area contributed by atoms with Gasteiger partial charge in [0.2, 0.25) is 11.8 Å². The molecule has 0 aromatic heterocycles. The van der Waals surface area contributed by atoms with Crippen molar-refractivity contribution in [3.8, 4) is 0 Å². The predicted octanol–water partition coefficient (Wildman–Crippen LogP) is 0.308. The molecule has 6 nitrogen and oxygen atoms in total. The van der Waals surface area contributed by atoms with E-state index in [0.717, 1.165) is 5.56 Å². The lowest BCUT2D eigenvalue weighted by molar-refractivity contribution is -0.140. The van der Waals surface area contributed by atoms with E-state index in [4.69, 9.17) is 0 Å². The largest absolute Gasteiger partial charge is 0.480 e. The first-order valence-corrected chi connectivity index (χ1v) is 6.51. The molecule has 2 aliphatic rings. The zero-order chi connectivity index (χ0) is 14.3. The summed E-state index contributed by atoms with van der Waals surface area (Å²) < 4.78 is 0. The van der Waals surface area contributed by atoms with Crippen LogP contribution in [0.15, 0.2) is 24.3 Å². The summed E-state index contributed by atoms with van der Waals surface area (Å²) in [5.41, 5.74) is 1.48. The van der Waals surface area contributed by atoms with Crippen LogP contribution in [0.25, 0.3) is 0 Å². The lowest BCUT2D eigenvalue weighted by atomic mass is 10.1. The molecule has 3 rings (SSSR count). The Morgan fingerprint density at radius 3 is 2.70 bits per heavy atom. The van der Waals surface area contributed by atoms with Crippen LogP contribution < -0.4 is 10.2 Å². The fraction of sp³-hybridized carbons (Fsp3) is 0.357. The molecule has 0 bridgehead atoms. The van der Waals surface area contributed by atoms with E-state index >= 15 is 0 Å². The first kappa shape index (κ1) is 12.7. The molecule has 1 saturated heterocycles. The fourth-order valence-electron chi connectivity index (χ4n) is 2.82. The van der Waals surface area contributed by atoms with Gasteiger partial charge in [0.15, 0.2) is 0 Å². The zero-order valence-electron chi connectivity index (χ0n) is 10.7. The van der Waals surface area contributed by atoms with E-state index in [9.17, 15) is 19.5 Å². The lowest BCUT2D eigenvalue weighted by Gasteiger charge is -2.25. The van der Waals surface area contributed by atoms with E-state index < -0.39 is 18.1 Å². The van der Waals surface area contributed by atoms with Crippen LogP contribution >= 0.6 is 0 Å². The molecule has 20 heavy (non-hydrogen) atoms. The number of carbonyl (C=O) groups excluding carboxylic acids is 2. The van der Waals surface area contributed by atoms with E-state index in [0.29, 0.717) is 24.9 Å². The summed E-state index contributed by atoms with van der Waals surface area (Å²) in [5.74, 6) is -1.53. The van der Waals surface area contributed by atoms with Gasteiger partial charge in [-0.25, -0.2) is 4.79 Å². The third kappa shape index (κ3) is 1.93. The van der Waals surface area contributed by atoms with Crippen LogP contribution in [-0.4, -0.2) is 35.0 Å². The van der Waals surface area contributed by atoms with Crippen molar-refractivity contribution >= 4 is 23.5 Å². The second-order valence-corrected chi connectivity index (χ2v) is 5.05. The van der Waals surface area contributed by atoms with Gasteiger partial charge in [0.1, 0.15) is 12.1 Å². The molecule has 2 unspecified atom stereocenters. The minimum absolute atomic E-state index is 0.164. The van der Waals surface area contributed by atoms with E-state index in [1.165, 1.54) is 4.90 Å². The van der Waals surface area contributed by atoms with Crippen LogP contribution in [0.1, 0.15) is 18.4 Å². The molecule has 0 spiro atoms. The van der Waals surface area contributed by atoms with E-state index in [-0.39, 0.29) is 11.8 Å². The van der Waals surface area contributed by atoms with Crippen LogP contribution in [-0.2, 0) is 20.8 Å². The Morgan fingerprint density at radius 2 is 2.05 bits per heavy atom. The van der Waals surface area contributed by atoms with Gasteiger partial charge in [0.05, 0.1) is 0 Å². The van der Waals surface area contributed by atoms with Gasteiger partial charge in [-0.15, -0.1) is 0 Å². The Morgan fingerprint density at radius 1 is 1.30 bits per heavy atom. The van der Waals surface area contributed by atoms with Gasteiger partial charge in [0, 0.05) is 18.5 Å². The Balaban J connectivity index is 1.94. The molecular formula is C14H14N2O4. The summed E-state index contributed by atoms with van der Waals surface area (Å²) >= 11 is 0. The summed E-state index contributed by atoms with van der Waals surface area (Å²) in [6.07, 6.45) is 1.03. The summed E-state index contributed by atoms with van der Waals surface area (Å²) in [5, 5.41) is 11.9. The highest BCUT2D eigenvalue weighted by molar-refractivity contribution is 6.06. The lowest BCUT2D eigenvalue weighted by Crippen LogP contribution is -2.50. The molecule has 104 valence electrons. The molecule has 6 heteroatoms. The number of para-hydroxylation sites is 1. The normalized spacial score (nSPS) is 24.4. The number of anilines is 1. The number of aliphatic carboxylic acids is 1. The van der Waals surface area contributed by atoms with Crippen LogP contribution in [0.5, 0.6) is 0 Å². The highest BCUT2D eigenvalue weighted by Gasteiger charge is 2.42. The molecule has 2 amide bonds. The quantitative estimate of drug-likeness (QED) is 0.812. The van der Waals surface area contributed by atoms with Crippen molar-refractivity contribution in [3.63, 3.8) is 0 Å². The number of rotatable bonds is 2. The number of carbonyl (C=O) groups is 3. The highest BCUT2D eigenvalue weighted by atomic mass is 16.4. The molecule has 0 radical (unpaired) electrons. The number of fused-ring (bicyclic) bond motifs is 1. The van der Waals surface area contributed by atoms with Crippen LogP contribution in [0.3, 0.4) is 0 Å². The number of hydrogen-bond donors (Lipinski definition) is 2. The first-order valence-electron chi connectivity index (χ1n) is 6.51. The number of carboxylic acid groups (broad SMARTS) is 1. The Bertz CT molecular complexity index is 599. The molecule has 0 saturated carbocycles. The van der Waals surface area contributed by atoms with Gasteiger partial charge in [-0.1, -0.05) is 18.2 Å². The molecule has 2 atom stereocenters. The third-order valence-corrected chi connectivity index (χ3v) is 3.79. The smallest absolute Gasteiger partial charge is 0.327 e. The molecule has 1 aromatic carbocycles. The average molecular weight is 274 g/mol. The number of carboxylic acids is 1. The Labute approximate surface area is 115 Å². The Kier molecular flexibility index (Phi) is 2.93. The number of amides is 2. The van der Waals surface area contributed by atoms with Crippen molar-refractivity contribution in [2.75, 3.05) is 4.90 Å². The van der Waals surface area contributed by atoms with E-state index in [1.54, 1.807) is 12.1 Å². The van der Waals surface area contributed by atoms with Crippen molar-refractivity contribution in [2.45, 2.75) is 31.3 Å². The highest BCUT2D eigenvalue weighted by Crippen LogP contribution is 2.33. The van der Waals surface area contributed by atoms with Gasteiger partial charge < -0.3 is 10.4 Å². The van der Waals surface area contributed by atoms with E-state index in [1.807, 2.05) is 12.1 Å². The SMILES string of the molecule is O=C1CCC(C(=O)N2c3ccccc3CC2C(=O)O)N1. The van der Waals surface area contributed by atoms with Crippen molar-refractivity contribution in [3.05, 3.63) is 29.8 Å². The summed E-state index contributed by atoms with van der Waals surface area (Å²) in [4.78, 5) is 36.5. The van der Waals surface area contributed by atoms with Crippen LogP contribution in [0, 0.1) is 0 Å². The molecule has 1 aromatic rings. The second kappa shape index (κ2) is 4.63. The van der Waals surface area contributed by atoms with Gasteiger partial charge in [-0.05, 0) is 18.1 Å². The molecular weight excluding hydrogens is 260 g/mol. The van der Waals surface area contributed by atoms with E-state index in [2.05, 4.69) is 5.32 Å². The predicted molar refractivity (Wildman–Crippen MR) is 70.2 cm³/mol. The van der Waals surface area contributed by atoms with Gasteiger partial charge in [-0.2, -0.15) is 0 Å². The molecule has 2 heterocycles. The van der Waals surface area contributed by atoms with Crippen LogP contribution in [0.2, 0.25) is 0 Å². The Hall–Kier alpha value is -2.37. The third-order valence-electron chi connectivity index (χ3n) is 3.79. The maximum Gasteiger partial charge on any atom is 0.327 e. The zero-order valence-corrected chi connectivity index (χ0v) is 10.7. The molecule has 1 fully saturated rings. The summed E-state index contributed by atoms with van der Waals surface area (Å²) in [7, 11) is 0. The average Bonchev–Trinajstić information content (AvgIpc) is 3.01. The fourth-order valence-corrected chi connectivity index (χ4v) is 2.82. The second-order valence-electron chi connectivity index (χ2n) is 5.05. The number of nitrogens with one attached hydrogen (secondary N) is 1. The standard InChI is InChI=1S/C14H14N2O4/c17-12-6-5-9(15-12)13(18)16-10-4-2-1-3-8(10)7-11(16)14(19)20/h1-4,9,11H,5-7H2,(H,15,17)(H,19,20). The first-order chi connectivity index (χ1) is 9.58. The minimum Gasteiger partial charge on any atom is -0.480 e. The summed E-state index contributed by atoms with van der Waals surface area (Å²) in [6, 6.07) is 5.66. The molecule has 2 aliphatic heterocycles. The maximum absolute atomic E-state index is 12.5. The monoisotopic (exact) mass is 274 g/mol. The van der Waals surface area contributed by atoms with Gasteiger partial charge in [0.25, 0.3) is 0 Å². The summed E-state index contributed by atoms with van der Waals surface area (Å²) in [6.45, 7) is 0. The molecule has 2 N–H and O–H groups in total. The van der Waals surface area contributed by atoms with Gasteiger partial charge >= 0.3 is 5.97 Å². The topological polar surface area (TPSA) is 86.7 Å². The number of hydrogen-bond acceptors (Lipinski definition) is 3. The van der Waals surface area contributed by atoms with Gasteiger partial charge in [-0.3, -0.25) is 14.5 Å².